The summed E-state index contributed by atoms with van der Waals surface area (Å²) in [5.41, 5.74) is 4.37. The summed E-state index contributed by atoms with van der Waals surface area (Å²) < 4.78 is 5.79. The smallest absolute Gasteiger partial charge is 0.137 e. The number of aromatic amines is 1. The molecule has 6 nitrogen and oxygen atoms in total. The number of piperidine rings is 1. The molecule has 0 amide bonds. The second-order valence-corrected chi connectivity index (χ2v) is 8.84. The third-order valence-electron chi connectivity index (χ3n) is 6.25. The van der Waals surface area contributed by atoms with Gasteiger partial charge >= 0.3 is 0 Å². The Morgan fingerprint density at radius 1 is 1.06 bits per heavy atom. The van der Waals surface area contributed by atoms with Crippen LogP contribution in [0.25, 0.3) is 33.3 Å². The molecule has 3 heterocycles. The molecule has 0 unspecified atom stereocenters. The van der Waals surface area contributed by atoms with Crippen LogP contribution in [-0.4, -0.2) is 35.3 Å². The van der Waals surface area contributed by atoms with Crippen LogP contribution in [0, 0.1) is 16.0 Å². The number of H-pyrrole nitrogens is 1. The van der Waals surface area contributed by atoms with Gasteiger partial charge in [-0.1, -0.05) is 24.4 Å². The third-order valence-corrected chi connectivity index (χ3v) is 6.56. The first-order valence-electron chi connectivity index (χ1n) is 11.3. The number of phenolic OH excluding ortho intramolecular Hbond substituents is 1. The molecule has 1 aliphatic heterocycles. The number of aromatic hydroxyl groups is 1. The van der Waals surface area contributed by atoms with Crippen LogP contribution in [0.15, 0.2) is 54.6 Å². The third kappa shape index (κ3) is 4.09. The second kappa shape index (κ2) is 9.16. The summed E-state index contributed by atoms with van der Waals surface area (Å²) >= 11 is 5.60. The van der Waals surface area contributed by atoms with E-state index < -0.39 is 0 Å². The zero-order valence-electron chi connectivity index (χ0n) is 18.8. The summed E-state index contributed by atoms with van der Waals surface area (Å²) in [5, 5.41) is 21.0. The molecule has 0 atom stereocenters. The van der Waals surface area contributed by atoms with Crippen molar-refractivity contribution in [3.63, 3.8) is 0 Å². The average Bonchev–Trinajstić information content (AvgIpc) is 2.87. The number of nitriles is 1. The Morgan fingerprint density at radius 2 is 1.88 bits per heavy atom. The molecule has 1 aliphatic rings. The van der Waals surface area contributed by atoms with Gasteiger partial charge in [-0.15, -0.1) is 0 Å². The molecule has 34 heavy (non-hydrogen) atoms. The highest BCUT2D eigenvalue weighted by Gasteiger charge is 2.21. The van der Waals surface area contributed by atoms with Gasteiger partial charge in [-0.05, 0) is 61.7 Å². The van der Waals surface area contributed by atoms with Gasteiger partial charge in [0, 0.05) is 40.9 Å². The largest absolute Gasteiger partial charge is 0.508 e. The van der Waals surface area contributed by atoms with Crippen molar-refractivity contribution < 1.29 is 9.84 Å². The van der Waals surface area contributed by atoms with E-state index in [1.54, 1.807) is 25.3 Å². The maximum atomic E-state index is 10.0. The van der Waals surface area contributed by atoms with Crippen molar-refractivity contribution >= 4 is 28.9 Å². The number of rotatable bonds is 4. The molecule has 4 aromatic rings. The number of ether oxygens (including phenoxy) is 1. The minimum atomic E-state index is 0.163. The van der Waals surface area contributed by atoms with Crippen LogP contribution in [-0.2, 0) is 0 Å². The zero-order valence-corrected chi connectivity index (χ0v) is 19.7. The number of aromatic nitrogens is 2. The number of nitrogens with one attached hydrogen (secondary N) is 1. The van der Waals surface area contributed by atoms with Gasteiger partial charge in [0.2, 0.25) is 0 Å². The Balaban J connectivity index is 1.79. The van der Waals surface area contributed by atoms with E-state index in [0.29, 0.717) is 10.2 Å². The standard InChI is InChI=1S/C27H24N4O2S/c1-33-20-8-9-24-18(13-20)14-22(26(29-24)31-10-3-2-4-11-31)21-15-25(30-27(34)23(21)16-28)17-6-5-7-19(32)12-17/h5-9,12-15,32H,2-4,10-11H2,1H3,(H,30,34). The highest BCUT2D eigenvalue weighted by molar-refractivity contribution is 7.71. The summed E-state index contributed by atoms with van der Waals surface area (Å²) in [6, 6.07) is 19.1. The topological polar surface area (TPSA) is 85.2 Å². The Hall–Kier alpha value is -3.89. The fourth-order valence-electron chi connectivity index (χ4n) is 4.53. The van der Waals surface area contributed by atoms with E-state index in [0.717, 1.165) is 70.8 Å². The van der Waals surface area contributed by atoms with Gasteiger partial charge < -0.3 is 19.7 Å². The van der Waals surface area contributed by atoms with Crippen molar-refractivity contribution in [2.75, 3.05) is 25.1 Å². The Morgan fingerprint density at radius 3 is 2.62 bits per heavy atom. The van der Waals surface area contributed by atoms with Crippen LogP contribution >= 0.6 is 12.2 Å². The first-order valence-corrected chi connectivity index (χ1v) is 11.7. The number of phenols is 1. The van der Waals surface area contributed by atoms with Crippen molar-refractivity contribution in [2.45, 2.75) is 19.3 Å². The molecule has 0 aliphatic carbocycles. The number of methoxy groups -OCH3 is 1. The van der Waals surface area contributed by atoms with Crippen LogP contribution in [0.3, 0.4) is 0 Å². The van der Waals surface area contributed by atoms with Crippen molar-refractivity contribution in [2.24, 2.45) is 0 Å². The molecule has 0 bridgehead atoms. The van der Waals surface area contributed by atoms with Gasteiger partial charge in [0.1, 0.15) is 28.0 Å². The van der Waals surface area contributed by atoms with E-state index in [1.165, 1.54) is 6.42 Å². The number of anilines is 1. The number of nitrogens with zero attached hydrogens (tertiary/aromatic N) is 3. The number of benzene rings is 2. The lowest BCUT2D eigenvalue weighted by atomic mass is 9.97. The second-order valence-electron chi connectivity index (χ2n) is 8.43. The van der Waals surface area contributed by atoms with Gasteiger partial charge in [-0.3, -0.25) is 0 Å². The monoisotopic (exact) mass is 468 g/mol. The van der Waals surface area contributed by atoms with Crippen LogP contribution in [0.5, 0.6) is 11.5 Å². The van der Waals surface area contributed by atoms with E-state index in [9.17, 15) is 10.4 Å². The Labute approximate surface area is 203 Å². The maximum Gasteiger partial charge on any atom is 0.137 e. The van der Waals surface area contributed by atoms with Crippen molar-refractivity contribution in [3.8, 4) is 40.0 Å². The number of hydrogen-bond donors (Lipinski definition) is 2. The quantitative estimate of drug-likeness (QED) is 0.347. The molecule has 170 valence electrons. The summed E-state index contributed by atoms with van der Waals surface area (Å²) in [6.45, 7) is 1.84. The van der Waals surface area contributed by atoms with Gasteiger partial charge in [0.15, 0.2) is 0 Å². The lowest BCUT2D eigenvalue weighted by molar-refractivity contribution is 0.415. The molecule has 2 aromatic heterocycles. The lowest BCUT2D eigenvalue weighted by Crippen LogP contribution is -2.30. The summed E-state index contributed by atoms with van der Waals surface area (Å²) in [4.78, 5) is 10.5. The average molecular weight is 469 g/mol. The zero-order chi connectivity index (χ0) is 23.7. The van der Waals surface area contributed by atoms with Crippen LogP contribution in [0.1, 0.15) is 24.8 Å². The minimum absolute atomic E-state index is 0.163. The minimum Gasteiger partial charge on any atom is -0.508 e. The fourth-order valence-corrected chi connectivity index (χ4v) is 4.79. The van der Waals surface area contributed by atoms with Gasteiger partial charge in [-0.25, -0.2) is 4.98 Å². The van der Waals surface area contributed by atoms with E-state index in [2.05, 4.69) is 22.0 Å². The number of pyridine rings is 2. The molecule has 2 aromatic carbocycles. The Bertz CT molecular complexity index is 1480. The van der Waals surface area contributed by atoms with Gasteiger partial charge in [0.25, 0.3) is 0 Å². The molecular weight excluding hydrogens is 444 g/mol. The first-order chi connectivity index (χ1) is 16.6. The molecule has 1 saturated heterocycles. The fraction of sp³-hybridized carbons (Fsp3) is 0.222. The van der Waals surface area contributed by atoms with Crippen molar-refractivity contribution in [1.29, 1.82) is 5.26 Å². The highest BCUT2D eigenvalue weighted by atomic mass is 32.1. The molecule has 0 saturated carbocycles. The van der Waals surface area contributed by atoms with Crippen LogP contribution < -0.4 is 9.64 Å². The molecule has 5 rings (SSSR count). The summed E-state index contributed by atoms with van der Waals surface area (Å²) in [5.74, 6) is 1.77. The molecule has 7 heteroatoms. The molecular formula is C27H24N4O2S. The van der Waals surface area contributed by atoms with Crippen LogP contribution in [0.4, 0.5) is 5.82 Å². The van der Waals surface area contributed by atoms with Crippen molar-refractivity contribution in [1.82, 2.24) is 9.97 Å². The first kappa shape index (κ1) is 21.9. The normalized spacial score (nSPS) is 13.6. The molecule has 0 spiro atoms. The van der Waals surface area contributed by atoms with Crippen LogP contribution in [0.2, 0.25) is 0 Å². The van der Waals surface area contributed by atoms with E-state index in [4.69, 9.17) is 21.9 Å². The SMILES string of the molecule is COc1ccc2nc(N3CCCCC3)c(-c3cc(-c4cccc(O)c4)[nH]c(=S)c3C#N)cc2c1. The summed E-state index contributed by atoms with van der Waals surface area (Å²) in [6.07, 6.45) is 3.42. The predicted octanol–water partition coefficient (Wildman–Crippen LogP) is 6.20. The lowest BCUT2D eigenvalue weighted by Gasteiger charge is -2.30. The van der Waals surface area contributed by atoms with Gasteiger partial charge in [0.05, 0.1) is 18.2 Å². The Kier molecular flexibility index (Phi) is 5.91. The molecule has 0 radical (unpaired) electrons. The predicted molar refractivity (Wildman–Crippen MR) is 137 cm³/mol. The van der Waals surface area contributed by atoms with Crippen molar-refractivity contribution in [3.05, 3.63) is 64.8 Å². The highest BCUT2D eigenvalue weighted by Crippen LogP contribution is 2.38. The summed E-state index contributed by atoms with van der Waals surface area (Å²) in [7, 11) is 1.64. The molecule has 1 fully saturated rings. The molecule has 2 N–H and O–H groups in total. The van der Waals surface area contributed by atoms with E-state index >= 15 is 0 Å². The van der Waals surface area contributed by atoms with E-state index in [-0.39, 0.29) is 5.75 Å². The number of hydrogen-bond acceptors (Lipinski definition) is 6. The van der Waals surface area contributed by atoms with E-state index in [1.807, 2.05) is 30.3 Å². The van der Waals surface area contributed by atoms with Gasteiger partial charge in [-0.2, -0.15) is 5.26 Å². The number of fused-ring (bicyclic) bond motifs is 1. The maximum absolute atomic E-state index is 10.0.